The summed E-state index contributed by atoms with van der Waals surface area (Å²) in [6.07, 6.45) is 11.0. The van der Waals surface area contributed by atoms with Crippen molar-refractivity contribution < 1.29 is 4.43 Å². The molecule has 2 radical (unpaired) electrons. The fraction of sp³-hybridized carbons (Fsp3) is 0.818. The molecule has 0 bridgehead atoms. The second-order valence-corrected chi connectivity index (χ2v) is 4.16. The monoisotopic (exact) mass is 198 g/mol. The highest BCUT2D eigenvalue weighted by Gasteiger charge is 1.88. The first-order valence-corrected chi connectivity index (χ1v) is 6.53. The van der Waals surface area contributed by atoms with Gasteiger partial charge in [-0.05, 0) is 25.8 Å². The largest absolute Gasteiger partial charge is 0.418 e. The van der Waals surface area contributed by atoms with Crippen molar-refractivity contribution >= 4 is 9.76 Å². The Morgan fingerprint density at radius 2 is 1.77 bits per heavy atom. The van der Waals surface area contributed by atoms with Crippen LogP contribution in [0.3, 0.4) is 0 Å². The molecule has 0 aliphatic rings. The molecule has 0 aromatic carbocycles. The fourth-order valence-corrected chi connectivity index (χ4v) is 1.72. The Kier molecular flexibility index (Phi) is 11.8. The van der Waals surface area contributed by atoms with E-state index in [4.69, 9.17) is 4.43 Å². The number of hydrogen-bond donors (Lipinski definition) is 0. The molecule has 0 amide bonds. The van der Waals surface area contributed by atoms with Crippen molar-refractivity contribution in [2.24, 2.45) is 0 Å². The van der Waals surface area contributed by atoms with Crippen LogP contribution in [0.25, 0.3) is 0 Å². The van der Waals surface area contributed by atoms with Gasteiger partial charge < -0.3 is 4.43 Å². The molecule has 0 saturated heterocycles. The standard InChI is InChI=1S/C11H22OSi/c1-3-5-6-7-8-9-10-11-13-12-4-2/h7-8H,3-6,9-11H2,1-2H3. The lowest BCUT2D eigenvalue weighted by Crippen LogP contribution is -1.96. The van der Waals surface area contributed by atoms with Crippen LogP contribution in [-0.4, -0.2) is 16.4 Å². The van der Waals surface area contributed by atoms with E-state index in [2.05, 4.69) is 26.0 Å². The Labute approximate surface area is 85.5 Å². The van der Waals surface area contributed by atoms with E-state index >= 15 is 0 Å². The van der Waals surface area contributed by atoms with Crippen molar-refractivity contribution in [1.29, 1.82) is 0 Å². The Hall–Kier alpha value is -0.0831. The van der Waals surface area contributed by atoms with E-state index in [1.165, 1.54) is 38.1 Å². The molecule has 0 saturated carbocycles. The van der Waals surface area contributed by atoms with E-state index in [0.29, 0.717) is 9.76 Å². The zero-order valence-electron chi connectivity index (χ0n) is 9.01. The van der Waals surface area contributed by atoms with Gasteiger partial charge in [0, 0.05) is 6.61 Å². The predicted molar refractivity (Wildman–Crippen MR) is 60.1 cm³/mol. The molecule has 0 N–H and O–H groups in total. The highest BCUT2D eigenvalue weighted by atomic mass is 28.2. The molecule has 0 spiro atoms. The van der Waals surface area contributed by atoms with Crippen LogP contribution in [0, 0.1) is 0 Å². The summed E-state index contributed by atoms with van der Waals surface area (Å²) in [6.45, 7) is 5.15. The van der Waals surface area contributed by atoms with Gasteiger partial charge in [-0.25, -0.2) is 0 Å². The number of unbranched alkanes of at least 4 members (excludes halogenated alkanes) is 3. The van der Waals surface area contributed by atoms with Crippen LogP contribution in [0.15, 0.2) is 12.2 Å². The molecule has 0 fully saturated rings. The first-order valence-electron chi connectivity index (χ1n) is 5.41. The average molecular weight is 198 g/mol. The molecule has 0 aliphatic heterocycles. The molecule has 0 atom stereocenters. The third-order valence-electron chi connectivity index (χ3n) is 1.79. The van der Waals surface area contributed by atoms with E-state index < -0.39 is 0 Å². The quantitative estimate of drug-likeness (QED) is 0.312. The normalized spacial score (nSPS) is 11.2. The molecule has 1 nitrogen and oxygen atoms in total. The van der Waals surface area contributed by atoms with Gasteiger partial charge in [0.15, 0.2) is 0 Å². The molecule has 2 heteroatoms. The van der Waals surface area contributed by atoms with Crippen molar-refractivity contribution in [2.75, 3.05) is 6.61 Å². The Balaban J connectivity index is 2.93. The van der Waals surface area contributed by atoms with Crippen LogP contribution in [0.5, 0.6) is 0 Å². The van der Waals surface area contributed by atoms with Crippen molar-refractivity contribution in [3.05, 3.63) is 12.2 Å². The van der Waals surface area contributed by atoms with Gasteiger partial charge >= 0.3 is 0 Å². The van der Waals surface area contributed by atoms with Crippen LogP contribution in [-0.2, 0) is 4.43 Å². The average Bonchev–Trinajstić information content (AvgIpc) is 2.16. The predicted octanol–water partition coefficient (Wildman–Crippen LogP) is 3.59. The summed E-state index contributed by atoms with van der Waals surface area (Å²) >= 11 is 0. The Morgan fingerprint density at radius 3 is 2.38 bits per heavy atom. The van der Waals surface area contributed by atoms with E-state index in [9.17, 15) is 0 Å². The fourth-order valence-electron chi connectivity index (χ4n) is 1.02. The topological polar surface area (TPSA) is 9.23 Å². The summed E-state index contributed by atoms with van der Waals surface area (Å²) in [5.41, 5.74) is 0. The summed E-state index contributed by atoms with van der Waals surface area (Å²) < 4.78 is 5.28. The van der Waals surface area contributed by atoms with Gasteiger partial charge in [-0.1, -0.05) is 38.3 Å². The van der Waals surface area contributed by atoms with E-state index in [1.54, 1.807) is 0 Å². The van der Waals surface area contributed by atoms with Gasteiger partial charge in [0.05, 0.1) is 0 Å². The van der Waals surface area contributed by atoms with E-state index in [0.717, 1.165) is 6.61 Å². The van der Waals surface area contributed by atoms with Gasteiger partial charge in [0.1, 0.15) is 0 Å². The molecule has 0 heterocycles. The van der Waals surface area contributed by atoms with Crippen molar-refractivity contribution in [3.63, 3.8) is 0 Å². The molecule has 0 unspecified atom stereocenters. The van der Waals surface area contributed by atoms with Crippen molar-refractivity contribution in [3.8, 4) is 0 Å². The number of hydrogen-bond acceptors (Lipinski definition) is 1. The van der Waals surface area contributed by atoms with Crippen LogP contribution in [0.1, 0.15) is 46.0 Å². The molecule has 13 heavy (non-hydrogen) atoms. The third-order valence-corrected chi connectivity index (χ3v) is 2.84. The van der Waals surface area contributed by atoms with Crippen molar-refractivity contribution in [1.82, 2.24) is 0 Å². The third kappa shape index (κ3) is 11.9. The molecular formula is C11H22OSi. The Morgan fingerprint density at radius 1 is 1.08 bits per heavy atom. The maximum atomic E-state index is 5.28. The SMILES string of the molecule is CCCCC=CCCC[Si]OCC. The highest BCUT2D eigenvalue weighted by Crippen LogP contribution is 2.00. The number of allylic oxidation sites excluding steroid dienone is 2. The minimum atomic E-state index is 0.711. The molecular weight excluding hydrogens is 176 g/mol. The highest BCUT2D eigenvalue weighted by molar-refractivity contribution is 6.26. The van der Waals surface area contributed by atoms with Gasteiger partial charge in [0.2, 0.25) is 9.76 Å². The van der Waals surface area contributed by atoms with Gasteiger partial charge in [-0.3, -0.25) is 0 Å². The lowest BCUT2D eigenvalue weighted by molar-refractivity contribution is 0.359. The number of rotatable bonds is 9. The summed E-state index contributed by atoms with van der Waals surface area (Å²) in [5, 5.41) is 0. The summed E-state index contributed by atoms with van der Waals surface area (Å²) in [6, 6.07) is 1.23. The second-order valence-electron chi connectivity index (χ2n) is 3.08. The zero-order chi connectivity index (χ0) is 9.78. The van der Waals surface area contributed by atoms with Gasteiger partial charge in [0.25, 0.3) is 0 Å². The van der Waals surface area contributed by atoms with E-state index in [-0.39, 0.29) is 0 Å². The van der Waals surface area contributed by atoms with Crippen LogP contribution < -0.4 is 0 Å². The van der Waals surface area contributed by atoms with E-state index in [1.807, 2.05) is 0 Å². The minimum absolute atomic E-state index is 0.711. The smallest absolute Gasteiger partial charge is 0.229 e. The molecule has 0 aliphatic carbocycles. The molecule has 0 aromatic heterocycles. The first-order chi connectivity index (χ1) is 6.41. The zero-order valence-corrected chi connectivity index (χ0v) is 10.0. The van der Waals surface area contributed by atoms with Crippen molar-refractivity contribution in [2.45, 2.75) is 52.0 Å². The summed E-state index contributed by atoms with van der Waals surface area (Å²) in [4.78, 5) is 0. The molecule has 0 rings (SSSR count). The maximum Gasteiger partial charge on any atom is 0.229 e. The van der Waals surface area contributed by atoms with Crippen LogP contribution in [0.4, 0.5) is 0 Å². The minimum Gasteiger partial charge on any atom is -0.418 e. The summed E-state index contributed by atoms with van der Waals surface area (Å²) in [7, 11) is 0.711. The van der Waals surface area contributed by atoms with Gasteiger partial charge in [-0.15, -0.1) is 0 Å². The Bertz CT molecular complexity index is 113. The van der Waals surface area contributed by atoms with Gasteiger partial charge in [-0.2, -0.15) is 0 Å². The first kappa shape index (κ1) is 12.9. The lowest BCUT2D eigenvalue weighted by atomic mass is 10.2. The molecule has 0 aromatic rings. The lowest BCUT2D eigenvalue weighted by Gasteiger charge is -1.96. The van der Waals surface area contributed by atoms with Crippen LogP contribution >= 0.6 is 0 Å². The maximum absolute atomic E-state index is 5.28. The molecule has 76 valence electrons. The second kappa shape index (κ2) is 11.9. The van der Waals surface area contributed by atoms with Crippen LogP contribution in [0.2, 0.25) is 6.04 Å². The summed E-state index contributed by atoms with van der Waals surface area (Å²) in [5.74, 6) is 0.